The van der Waals surface area contributed by atoms with Gasteiger partial charge in [-0.3, -0.25) is 19.4 Å². The van der Waals surface area contributed by atoms with Crippen molar-refractivity contribution in [2.24, 2.45) is 0 Å². The van der Waals surface area contributed by atoms with Gasteiger partial charge >= 0.3 is 23.6 Å². The number of nitrogens with one attached hydrogen (secondary N) is 1. The van der Waals surface area contributed by atoms with Crippen LogP contribution in [0.3, 0.4) is 0 Å². The van der Waals surface area contributed by atoms with Crippen LogP contribution in [0.15, 0.2) is 0 Å². The van der Waals surface area contributed by atoms with Crippen LogP contribution in [0, 0.1) is 5.53 Å². The van der Waals surface area contributed by atoms with Crippen LogP contribution in [0.1, 0.15) is 0 Å². The number of carbonyl (C=O) groups excluding carboxylic acids is 3. The van der Waals surface area contributed by atoms with Crippen molar-refractivity contribution in [1.29, 1.82) is 5.53 Å². The van der Waals surface area contributed by atoms with Crippen LogP contribution in [-0.2, 0) is 9.59 Å². The molecule has 0 aromatic rings. The summed E-state index contributed by atoms with van der Waals surface area (Å²) in [7, 11) is 2.44. The summed E-state index contributed by atoms with van der Waals surface area (Å²) in [6, 6.07) is -0.720. The van der Waals surface area contributed by atoms with Crippen LogP contribution in [0.2, 0.25) is 0 Å². The number of hydrogen-bond donors (Lipinski definition) is 1. The van der Waals surface area contributed by atoms with Gasteiger partial charge in [0.15, 0.2) is 0 Å². The Morgan fingerprint density at radius 3 is 1.77 bits per heavy atom. The van der Waals surface area contributed by atoms with Crippen molar-refractivity contribution in [3.05, 3.63) is 0 Å². The molecule has 4 amide bonds. The molecule has 1 aliphatic heterocycles. The van der Waals surface area contributed by atoms with Gasteiger partial charge in [0, 0.05) is 14.1 Å². The fraction of sp³-hybridized carbons (Fsp3) is 0.333. The Morgan fingerprint density at radius 2 is 1.46 bits per heavy atom. The third kappa shape index (κ3) is 1.11. The van der Waals surface area contributed by atoms with Crippen LogP contribution in [-0.4, -0.2) is 52.2 Å². The first-order valence-electron chi connectivity index (χ1n) is 3.35. The molecule has 0 spiro atoms. The average Bonchev–Trinajstić information content (AvgIpc) is 2.13. The summed E-state index contributed by atoms with van der Waals surface area (Å²) < 4.78 is 0. The molecule has 0 saturated carbocycles. The van der Waals surface area contributed by atoms with Crippen molar-refractivity contribution in [2.45, 2.75) is 0 Å². The van der Waals surface area contributed by atoms with Crippen molar-refractivity contribution in [3.8, 4) is 0 Å². The van der Waals surface area contributed by atoms with Gasteiger partial charge in [0.05, 0.1) is 10.3 Å². The molecule has 1 rings (SSSR count). The molecule has 13 heavy (non-hydrogen) atoms. The number of amides is 4. The highest BCUT2D eigenvalue weighted by Crippen LogP contribution is 2.04. The van der Waals surface area contributed by atoms with Gasteiger partial charge in [-0.1, -0.05) is 0 Å². The summed E-state index contributed by atoms with van der Waals surface area (Å²) in [4.78, 5) is 37.6. The Bertz CT molecular complexity index is 329. The van der Waals surface area contributed by atoms with Crippen LogP contribution < -0.4 is 0 Å². The molecule has 7 heteroatoms. The van der Waals surface area contributed by atoms with Gasteiger partial charge in [-0.25, -0.2) is 4.79 Å². The molecule has 0 aliphatic carbocycles. The maximum absolute atomic E-state index is 11.1. The van der Waals surface area contributed by atoms with E-state index in [-0.39, 0.29) is 0 Å². The second-order valence-corrected chi connectivity index (χ2v) is 2.47. The van der Waals surface area contributed by atoms with Crippen LogP contribution in [0.4, 0.5) is 4.79 Å². The zero-order valence-corrected chi connectivity index (χ0v) is 7.07. The first-order chi connectivity index (χ1) is 6.00. The first-order valence-corrected chi connectivity index (χ1v) is 3.35. The first kappa shape index (κ1) is 9.08. The van der Waals surface area contributed by atoms with Gasteiger partial charge in [-0.15, -0.1) is 0 Å². The lowest BCUT2D eigenvalue weighted by Gasteiger charge is -2.23. The van der Waals surface area contributed by atoms with Gasteiger partial charge in [0.1, 0.15) is 0 Å². The maximum Gasteiger partial charge on any atom is 0.493 e. The van der Waals surface area contributed by atoms with Crippen LogP contribution in [0.5, 0.6) is 0 Å². The summed E-state index contributed by atoms with van der Waals surface area (Å²) in [5.41, 5.74) is 6.03. The van der Waals surface area contributed by atoms with Crippen LogP contribution >= 0.6 is 0 Å². The molecule has 0 radical (unpaired) electrons. The van der Waals surface area contributed by atoms with E-state index in [2.05, 4.69) is 4.79 Å². The predicted molar refractivity (Wildman–Crippen MR) is 38.9 cm³/mol. The Kier molecular flexibility index (Phi) is 1.95. The molecule has 1 aliphatic rings. The molecule has 68 valence electrons. The molecular weight excluding hydrogens is 176 g/mol. The minimum atomic E-state index is -0.844. The number of rotatable bonds is 0. The van der Waals surface area contributed by atoms with Crippen molar-refractivity contribution in [1.82, 2.24) is 9.80 Å². The third-order valence-corrected chi connectivity index (χ3v) is 1.70. The van der Waals surface area contributed by atoms with E-state index in [0.29, 0.717) is 0 Å². The average molecular weight is 183 g/mol. The summed E-state index contributed by atoms with van der Waals surface area (Å²) in [6.07, 6.45) is 0. The summed E-state index contributed by atoms with van der Waals surface area (Å²) >= 11 is 0. The Hall–Kier alpha value is -2.01. The van der Waals surface area contributed by atoms with Crippen molar-refractivity contribution in [2.75, 3.05) is 14.1 Å². The highest BCUT2D eigenvalue weighted by molar-refractivity contribution is 6.66. The number of hydrogen-bond acceptors (Lipinski definition) is 4. The van der Waals surface area contributed by atoms with E-state index in [1.807, 2.05) is 0 Å². The van der Waals surface area contributed by atoms with E-state index in [1.165, 1.54) is 14.1 Å². The SMILES string of the molecule is CN1C(=O)C(=[N+]=N)C(=O)N(C)C1=O. The molecule has 0 aromatic carbocycles. The summed E-state index contributed by atoms with van der Waals surface area (Å²) in [6.45, 7) is 0. The van der Waals surface area contributed by atoms with E-state index < -0.39 is 23.6 Å². The third-order valence-electron chi connectivity index (χ3n) is 1.70. The summed E-state index contributed by atoms with van der Waals surface area (Å²) in [5, 5.41) is 0. The topological polar surface area (TPSA) is 95.6 Å². The minimum absolute atomic E-state index is 0.551. The van der Waals surface area contributed by atoms with Gasteiger partial charge < -0.3 is 0 Å². The molecule has 0 aromatic heterocycles. The highest BCUT2D eigenvalue weighted by atomic mass is 16.2. The van der Waals surface area contributed by atoms with Crippen molar-refractivity contribution < 1.29 is 19.2 Å². The molecule has 1 N–H and O–H groups in total. The second kappa shape index (κ2) is 2.80. The van der Waals surface area contributed by atoms with Gasteiger partial charge in [-0.05, 0) is 0 Å². The van der Waals surface area contributed by atoms with Crippen LogP contribution in [0.25, 0.3) is 0 Å². The van der Waals surface area contributed by atoms with Gasteiger partial charge in [0.25, 0.3) is 0 Å². The number of carbonyl (C=O) groups is 3. The van der Waals surface area contributed by atoms with Gasteiger partial charge in [-0.2, -0.15) is 0 Å². The number of barbiturate groups is 1. The quantitative estimate of drug-likeness (QED) is 0.374. The van der Waals surface area contributed by atoms with E-state index in [4.69, 9.17) is 5.53 Å². The number of urea groups is 1. The lowest BCUT2D eigenvalue weighted by atomic mass is 10.2. The lowest BCUT2D eigenvalue weighted by molar-refractivity contribution is -0.154. The van der Waals surface area contributed by atoms with Crippen molar-refractivity contribution in [3.63, 3.8) is 0 Å². The zero-order valence-electron chi connectivity index (χ0n) is 7.07. The van der Waals surface area contributed by atoms with E-state index in [1.54, 1.807) is 0 Å². The van der Waals surface area contributed by atoms with E-state index in [9.17, 15) is 14.4 Å². The normalized spacial score (nSPS) is 18.0. The predicted octanol–water partition coefficient (Wildman–Crippen LogP) is -1.28. The molecule has 1 heterocycles. The van der Waals surface area contributed by atoms with Gasteiger partial charge in [0.2, 0.25) is 0 Å². The fourth-order valence-corrected chi connectivity index (χ4v) is 0.904. The number of imide groups is 2. The molecule has 1 fully saturated rings. The second-order valence-electron chi connectivity index (χ2n) is 2.47. The maximum atomic E-state index is 11.1. The number of nitrogens with zero attached hydrogens (tertiary/aromatic N) is 3. The van der Waals surface area contributed by atoms with Crippen molar-refractivity contribution >= 4 is 23.6 Å². The van der Waals surface area contributed by atoms with E-state index >= 15 is 0 Å². The smallest absolute Gasteiger partial charge is 0.260 e. The molecule has 0 unspecified atom stereocenters. The summed E-state index contributed by atoms with van der Waals surface area (Å²) in [5.74, 6) is -1.69. The Morgan fingerprint density at radius 1 is 1.08 bits per heavy atom. The zero-order chi connectivity index (χ0) is 10.2. The standard InChI is InChI=1S/C6H7N4O3/c1-9-4(11)3(8-7)5(12)10(2)6(9)13/h7H,1-2H3/q+1. The minimum Gasteiger partial charge on any atom is -0.260 e. The molecule has 0 bridgehead atoms. The Labute approximate surface area is 73.1 Å². The highest BCUT2D eigenvalue weighted by Gasteiger charge is 2.47. The fourth-order valence-electron chi connectivity index (χ4n) is 0.904. The lowest BCUT2D eigenvalue weighted by Crippen LogP contribution is -2.57. The van der Waals surface area contributed by atoms with E-state index in [0.717, 1.165) is 9.80 Å². The molecule has 1 saturated heterocycles. The monoisotopic (exact) mass is 183 g/mol. The molecule has 7 nitrogen and oxygen atoms in total. The largest absolute Gasteiger partial charge is 0.493 e. The molecule has 0 atom stereocenters. The molecular formula is C6H7N4O3+. The Balaban J connectivity index is 3.22.